The van der Waals surface area contributed by atoms with Gasteiger partial charge in [-0.2, -0.15) is 0 Å². The van der Waals surface area contributed by atoms with Crippen LogP contribution in [0, 0.1) is 5.41 Å². The molecule has 0 aromatic heterocycles. The first-order valence-corrected chi connectivity index (χ1v) is 6.72. The second-order valence-electron chi connectivity index (χ2n) is 6.60. The van der Waals surface area contributed by atoms with Gasteiger partial charge in [0.2, 0.25) is 0 Å². The molecule has 2 atom stereocenters. The zero-order valence-electron chi connectivity index (χ0n) is 12.8. The van der Waals surface area contributed by atoms with E-state index in [1.54, 1.807) is 0 Å². The number of hydrogen-bond acceptors (Lipinski definition) is 3. The number of nitrogens with one attached hydrogen (secondary N) is 1. The van der Waals surface area contributed by atoms with Crippen molar-refractivity contribution in [3.8, 4) is 0 Å². The Morgan fingerprint density at radius 3 is 2.12 bits per heavy atom. The lowest BCUT2D eigenvalue weighted by Crippen LogP contribution is -2.56. The van der Waals surface area contributed by atoms with Crippen LogP contribution in [0.3, 0.4) is 0 Å². The zero-order chi connectivity index (χ0) is 13.7. The summed E-state index contributed by atoms with van der Waals surface area (Å²) < 4.78 is 0. The molecule has 0 rings (SSSR count). The summed E-state index contributed by atoms with van der Waals surface area (Å²) in [6, 6.07) is 0.483. The van der Waals surface area contributed by atoms with Crippen LogP contribution in [0.25, 0.3) is 0 Å². The Bertz CT molecular complexity index is 213. The van der Waals surface area contributed by atoms with Gasteiger partial charge in [-0.3, -0.25) is 0 Å². The molecule has 0 aromatic rings. The topological polar surface area (TPSA) is 35.5 Å². The van der Waals surface area contributed by atoms with E-state index in [4.69, 9.17) is 0 Å². The number of aliphatic hydroxyl groups excluding tert-OH is 1. The highest BCUT2D eigenvalue weighted by molar-refractivity contribution is 4.88. The Labute approximate surface area is 108 Å². The smallest absolute Gasteiger partial charge is 0.0623 e. The molecular formula is C14H32N2O. The van der Waals surface area contributed by atoms with Crippen molar-refractivity contribution in [2.24, 2.45) is 5.41 Å². The quantitative estimate of drug-likeness (QED) is 0.720. The molecule has 0 aliphatic rings. The van der Waals surface area contributed by atoms with Gasteiger partial charge in [-0.15, -0.1) is 0 Å². The van der Waals surface area contributed by atoms with Crippen molar-refractivity contribution in [3.05, 3.63) is 0 Å². The van der Waals surface area contributed by atoms with Crippen LogP contribution in [0.4, 0.5) is 0 Å². The van der Waals surface area contributed by atoms with Gasteiger partial charge in [-0.05, 0) is 39.3 Å². The van der Waals surface area contributed by atoms with Crippen molar-refractivity contribution in [1.82, 2.24) is 10.2 Å². The highest BCUT2D eigenvalue weighted by atomic mass is 16.3. The first-order chi connectivity index (χ1) is 7.66. The molecule has 0 aromatic carbocycles. The number of nitrogens with zero attached hydrogens (tertiary/aromatic N) is 1. The second-order valence-corrected chi connectivity index (χ2v) is 6.60. The van der Waals surface area contributed by atoms with E-state index in [0.717, 1.165) is 19.5 Å². The van der Waals surface area contributed by atoms with E-state index in [9.17, 15) is 5.11 Å². The van der Waals surface area contributed by atoms with Gasteiger partial charge in [0, 0.05) is 12.6 Å². The van der Waals surface area contributed by atoms with E-state index in [1.807, 2.05) is 0 Å². The van der Waals surface area contributed by atoms with E-state index >= 15 is 0 Å². The minimum Gasteiger partial charge on any atom is -0.394 e. The predicted molar refractivity (Wildman–Crippen MR) is 75.3 cm³/mol. The van der Waals surface area contributed by atoms with E-state index in [-0.39, 0.29) is 17.6 Å². The monoisotopic (exact) mass is 244 g/mol. The predicted octanol–water partition coefficient (Wildman–Crippen LogP) is 2.10. The molecule has 0 fully saturated rings. The van der Waals surface area contributed by atoms with Crippen molar-refractivity contribution in [1.29, 1.82) is 0 Å². The van der Waals surface area contributed by atoms with Crippen LogP contribution in [-0.4, -0.2) is 48.3 Å². The van der Waals surface area contributed by atoms with Gasteiger partial charge in [0.25, 0.3) is 0 Å². The number of likely N-dealkylation sites (N-methyl/N-ethyl adjacent to an activating group) is 1. The fourth-order valence-corrected chi connectivity index (χ4v) is 1.94. The standard InChI is InChI=1S/C14H32N2O/c1-8-9-15-14(6,11-17)10-16(7)12(2)13(3,4)5/h12,15,17H,8-11H2,1-7H3. The van der Waals surface area contributed by atoms with E-state index < -0.39 is 0 Å². The molecule has 2 N–H and O–H groups in total. The van der Waals surface area contributed by atoms with Gasteiger partial charge >= 0.3 is 0 Å². The van der Waals surface area contributed by atoms with Gasteiger partial charge in [0.05, 0.1) is 12.1 Å². The van der Waals surface area contributed by atoms with E-state index in [1.165, 1.54) is 0 Å². The number of aliphatic hydroxyl groups is 1. The molecule has 17 heavy (non-hydrogen) atoms. The molecule has 0 aliphatic carbocycles. The SMILES string of the molecule is CCCNC(C)(CO)CN(C)C(C)C(C)(C)C. The number of hydrogen-bond donors (Lipinski definition) is 2. The lowest BCUT2D eigenvalue weighted by atomic mass is 9.86. The van der Waals surface area contributed by atoms with Crippen LogP contribution in [0.5, 0.6) is 0 Å². The third-order valence-electron chi connectivity index (χ3n) is 3.66. The molecule has 3 heteroatoms. The van der Waals surface area contributed by atoms with Crippen LogP contribution < -0.4 is 5.32 Å². The minimum atomic E-state index is -0.204. The van der Waals surface area contributed by atoms with E-state index in [0.29, 0.717) is 6.04 Å². The zero-order valence-corrected chi connectivity index (χ0v) is 12.8. The van der Waals surface area contributed by atoms with E-state index in [2.05, 4.69) is 58.8 Å². The molecule has 0 spiro atoms. The summed E-state index contributed by atoms with van der Waals surface area (Å²) in [6.45, 7) is 15.2. The van der Waals surface area contributed by atoms with Crippen molar-refractivity contribution in [2.75, 3.05) is 26.7 Å². The van der Waals surface area contributed by atoms with Crippen molar-refractivity contribution in [3.63, 3.8) is 0 Å². The van der Waals surface area contributed by atoms with Crippen molar-refractivity contribution in [2.45, 2.75) is 59.5 Å². The van der Waals surface area contributed by atoms with Gasteiger partial charge in [0.15, 0.2) is 0 Å². The molecule has 0 radical (unpaired) electrons. The minimum absolute atomic E-state index is 0.175. The third kappa shape index (κ3) is 5.84. The Hall–Kier alpha value is -0.120. The summed E-state index contributed by atoms with van der Waals surface area (Å²) in [5.41, 5.74) is 0.0557. The first-order valence-electron chi connectivity index (χ1n) is 6.72. The molecular weight excluding hydrogens is 212 g/mol. The van der Waals surface area contributed by atoms with Crippen LogP contribution in [0.2, 0.25) is 0 Å². The summed E-state index contributed by atoms with van der Waals surface area (Å²) in [6.07, 6.45) is 1.09. The molecule has 104 valence electrons. The maximum Gasteiger partial charge on any atom is 0.0623 e. The summed E-state index contributed by atoms with van der Waals surface area (Å²) >= 11 is 0. The average molecular weight is 244 g/mol. The Morgan fingerprint density at radius 1 is 1.24 bits per heavy atom. The van der Waals surface area contributed by atoms with Crippen LogP contribution in [0.1, 0.15) is 48.0 Å². The van der Waals surface area contributed by atoms with Gasteiger partial charge < -0.3 is 15.3 Å². The third-order valence-corrected chi connectivity index (χ3v) is 3.66. The van der Waals surface area contributed by atoms with Crippen LogP contribution in [0.15, 0.2) is 0 Å². The molecule has 0 saturated heterocycles. The van der Waals surface area contributed by atoms with Gasteiger partial charge in [-0.25, -0.2) is 0 Å². The molecule has 0 heterocycles. The Kier molecular flexibility index (Phi) is 6.67. The fraction of sp³-hybridized carbons (Fsp3) is 1.00. The molecule has 0 bridgehead atoms. The summed E-state index contributed by atoms with van der Waals surface area (Å²) in [5, 5.41) is 13.0. The fourth-order valence-electron chi connectivity index (χ4n) is 1.94. The lowest BCUT2D eigenvalue weighted by Gasteiger charge is -2.40. The van der Waals surface area contributed by atoms with Crippen molar-refractivity contribution >= 4 is 0 Å². The molecule has 0 aliphatic heterocycles. The van der Waals surface area contributed by atoms with Crippen LogP contribution >= 0.6 is 0 Å². The van der Waals surface area contributed by atoms with Crippen LogP contribution in [-0.2, 0) is 0 Å². The molecule has 2 unspecified atom stereocenters. The maximum atomic E-state index is 9.56. The summed E-state index contributed by atoms with van der Waals surface area (Å²) in [4.78, 5) is 2.33. The molecule has 0 amide bonds. The normalized spacial score (nSPS) is 18.2. The Morgan fingerprint density at radius 2 is 1.76 bits per heavy atom. The highest BCUT2D eigenvalue weighted by Crippen LogP contribution is 2.24. The average Bonchev–Trinajstić information content (AvgIpc) is 2.24. The highest BCUT2D eigenvalue weighted by Gasteiger charge is 2.30. The number of rotatable bonds is 7. The molecule has 3 nitrogen and oxygen atoms in total. The second kappa shape index (κ2) is 6.72. The first kappa shape index (κ1) is 16.9. The lowest BCUT2D eigenvalue weighted by molar-refractivity contribution is 0.0779. The van der Waals surface area contributed by atoms with Gasteiger partial charge in [-0.1, -0.05) is 27.7 Å². The maximum absolute atomic E-state index is 9.56. The van der Waals surface area contributed by atoms with Crippen molar-refractivity contribution < 1.29 is 5.11 Å². The van der Waals surface area contributed by atoms with Gasteiger partial charge in [0.1, 0.15) is 0 Å². The summed E-state index contributed by atoms with van der Waals surface area (Å²) in [5.74, 6) is 0. The summed E-state index contributed by atoms with van der Waals surface area (Å²) in [7, 11) is 2.14. The largest absolute Gasteiger partial charge is 0.394 e. The Balaban J connectivity index is 4.46. The molecule has 0 saturated carbocycles.